The van der Waals surface area contributed by atoms with Gasteiger partial charge in [0.15, 0.2) is 5.69 Å². The summed E-state index contributed by atoms with van der Waals surface area (Å²) in [6.45, 7) is 0.912. The van der Waals surface area contributed by atoms with Gasteiger partial charge >= 0.3 is 0 Å². The van der Waals surface area contributed by atoms with Gasteiger partial charge in [0.2, 0.25) is 0 Å². The number of nitriles is 1. The van der Waals surface area contributed by atoms with E-state index in [0.717, 1.165) is 23.6 Å². The molecule has 5 heteroatoms. The number of rotatable bonds is 4. The van der Waals surface area contributed by atoms with E-state index in [-0.39, 0.29) is 0 Å². The quantitative estimate of drug-likeness (QED) is 0.804. The Morgan fingerprint density at radius 1 is 1.42 bits per heavy atom. The number of hydrogen-bond acceptors (Lipinski definition) is 3. The van der Waals surface area contributed by atoms with Gasteiger partial charge in [-0.15, -0.1) is 0 Å². The molecule has 0 aliphatic heterocycles. The molecule has 0 atom stereocenters. The normalized spacial score (nSPS) is 14.3. The summed E-state index contributed by atoms with van der Waals surface area (Å²) in [7, 11) is 0. The number of halogens is 1. The molecule has 0 bridgehead atoms. The lowest BCUT2D eigenvalue weighted by Gasteiger charge is -2.00. The SMILES string of the molecule is N#Cc1nn(CC2CC2)cc1Cc1cccnc1Cl. The molecule has 0 radical (unpaired) electrons. The molecule has 0 amide bonds. The smallest absolute Gasteiger partial charge is 0.165 e. The Morgan fingerprint density at radius 3 is 2.95 bits per heavy atom. The van der Waals surface area contributed by atoms with E-state index in [1.165, 1.54) is 12.8 Å². The third-order valence-electron chi connectivity index (χ3n) is 3.30. The third-order valence-corrected chi connectivity index (χ3v) is 3.64. The standard InChI is InChI=1S/C14H13ClN4/c15-14-11(2-1-5-17-14)6-12-9-19(8-10-3-4-10)18-13(12)7-16/h1-2,5,9-10H,3-4,6,8H2. The summed E-state index contributed by atoms with van der Waals surface area (Å²) in [6.07, 6.45) is 6.75. The zero-order chi connectivity index (χ0) is 13.2. The van der Waals surface area contributed by atoms with Gasteiger partial charge in [-0.2, -0.15) is 10.4 Å². The van der Waals surface area contributed by atoms with E-state index in [0.29, 0.717) is 17.3 Å². The van der Waals surface area contributed by atoms with Gasteiger partial charge in [-0.1, -0.05) is 17.7 Å². The molecule has 0 unspecified atom stereocenters. The van der Waals surface area contributed by atoms with Crippen LogP contribution in [-0.4, -0.2) is 14.8 Å². The van der Waals surface area contributed by atoms with Crippen molar-refractivity contribution in [2.45, 2.75) is 25.8 Å². The molecule has 2 aromatic heterocycles. The van der Waals surface area contributed by atoms with Crippen molar-refractivity contribution in [3.63, 3.8) is 0 Å². The lowest BCUT2D eigenvalue weighted by molar-refractivity contribution is 0.561. The molecule has 96 valence electrons. The van der Waals surface area contributed by atoms with Crippen molar-refractivity contribution in [3.8, 4) is 6.07 Å². The second-order valence-electron chi connectivity index (χ2n) is 4.91. The highest BCUT2D eigenvalue weighted by Crippen LogP contribution is 2.30. The Bertz CT molecular complexity index is 637. The minimum absolute atomic E-state index is 0.487. The van der Waals surface area contributed by atoms with Crippen molar-refractivity contribution in [1.82, 2.24) is 14.8 Å². The molecular weight excluding hydrogens is 260 g/mol. The Morgan fingerprint density at radius 2 is 2.26 bits per heavy atom. The fourth-order valence-corrected chi connectivity index (χ4v) is 2.29. The van der Waals surface area contributed by atoms with Crippen molar-refractivity contribution in [1.29, 1.82) is 5.26 Å². The Hall–Kier alpha value is -1.86. The first-order chi connectivity index (χ1) is 9.26. The molecule has 3 rings (SSSR count). The number of hydrogen-bond donors (Lipinski definition) is 0. The van der Waals surface area contributed by atoms with Gasteiger partial charge in [0.1, 0.15) is 11.2 Å². The van der Waals surface area contributed by atoms with Crippen LogP contribution in [0.15, 0.2) is 24.5 Å². The number of aromatic nitrogens is 3. The molecular formula is C14H13ClN4. The van der Waals surface area contributed by atoms with Gasteiger partial charge < -0.3 is 0 Å². The van der Waals surface area contributed by atoms with E-state index in [1.54, 1.807) is 6.20 Å². The monoisotopic (exact) mass is 272 g/mol. The third kappa shape index (κ3) is 2.77. The van der Waals surface area contributed by atoms with Crippen molar-refractivity contribution >= 4 is 11.6 Å². The number of nitrogens with zero attached hydrogens (tertiary/aromatic N) is 4. The van der Waals surface area contributed by atoms with Crippen LogP contribution in [0.1, 0.15) is 29.7 Å². The van der Waals surface area contributed by atoms with E-state index in [2.05, 4.69) is 16.2 Å². The van der Waals surface area contributed by atoms with Crippen molar-refractivity contribution in [3.05, 3.63) is 46.5 Å². The maximum atomic E-state index is 9.15. The fourth-order valence-electron chi connectivity index (χ4n) is 2.10. The zero-order valence-corrected chi connectivity index (χ0v) is 11.1. The van der Waals surface area contributed by atoms with Crippen LogP contribution in [0.2, 0.25) is 5.15 Å². The molecule has 0 spiro atoms. The van der Waals surface area contributed by atoms with Crippen LogP contribution in [0.4, 0.5) is 0 Å². The average molecular weight is 273 g/mol. The Balaban J connectivity index is 1.85. The largest absolute Gasteiger partial charge is 0.271 e. The summed E-state index contributed by atoms with van der Waals surface area (Å²) in [6, 6.07) is 5.93. The minimum atomic E-state index is 0.487. The Labute approximate surface area is 116 Å². The maximum absolute atomic E-state index is 9.15. The van der Waals surface area contributed by atoms with Gasteiger partial charge in [-0.25, -0.2) is 4.98 Å². The van der Waals surface area contributed by atoms with Gasteiger partial charge in [0.25, 0.3) is 0 Å². The molecule has 2 heterocycles. The van der Waals surface area contributed by atoms with E-state index < -0.39 is 0 Å². The summed E-state index contributed by atoms with van der Waals surface area (Å²) >= 11 is 6.05. The summed E-state index contributed by atoms with van der Waals surface area (Å²) in [5.41, 5.74) is 2.32. The van der Waals surface area contributed by atoms with Crippen LogP contribution in [0.5, 0.6) is 0 Å². The summed E-state index contributed by atoms with van der Waals surface area (Å²) < 4.78 is 1.88. The average Bonchev–Trinajstić information content (AvgIpc) is 3.13. The predicted molar refractivity (Wildman–Crippen MR) is 71.7 cm³/mol. The highest BCUT2D eigenvalue weighted by Gasteiger charge is 2.23. The Kier molecular flexibility index (Phi) is 3.22. The summed E-state index contributed by atoms with van der Waals surface area (Å²) in [4.78, 5) is 4.05. The summed E-state index contributed by atoms with van der Waals surface area (Å²) in [5, 5.41) is 14.0. The van der Waals surface area contributed by atoms with Crippen LogP contribution < -0.4 is 0 Å². The molecule has 0 saturated heterocycles. The van der Waals surface area contributed by atoms with Gasteiger partial charge in [0, 0.05) is 30.9 Å². The first-order valence-electron chi connectivity index (χ1n) is 6.32. The van der Waals surface area contributed by atoms with Gasteiger partial charge in [-0.3, -0.25) is 4.68 Å². The maximum Gasteiger partial charge on any atom is 0.165 e. The minimum Gasteiger partial charge on any atom is -0.271 e. The van der Waals surface area contributed by atoms with Gasteiger partial charge in [-0.05, 0) is 30.4 Å². The van der Waals surface area contributed by atoms with E-state index in [4.69, 9.17) is 16.9 Å². The highest BCUT2D eigenvalue weighted by molar-refractivity contribution is 6.30. The van der Waals surface area contributed by atoms with Crippen LogP contribution in [0.3, 0.4) is 0 Å². The second-order valence-corrected chi connectivity index (χ2v) is 5.27. The molecule has 1 saturated carbocycles. The summed E-state index contributed by atoms with van der Waals surface area (Å²) in [5.74, 6) is 0.737. The van der Waals surface area contributed by atoms with Crippen LogP contribution in [-0.2, 0) is 13.0 Å². The van der Waals surface area contributed by atoms with E-state index in [1.807, 2.05) is 23.0 Å². The van der Waals surface area contributed by atoms with Crippen LogP contribution in [0.25, 0.3) is 0 Å². The van der Waals surface area contributed by atoms with Crippen molar-refractivity contribution in [2.75, 3.05) is 0 Å². The van der Waals surface area contributed by atoms with Crippen molar-refractivity contribution in [2.24, 2.45) is 5.92 Å². The first-order valence-corrected chi connectivity index (χ1v) is 6.70. The molecule has 4 nitrogen and oxygen atoms in total. The molecule has 0 aromatic carbocycles. The molecule has 0 N–H and O–H groups in total. The lowest BCUT2D eigenvalue weighted by Crippen LogP contribution is -2.00. The molecule has 2 aromatic rings. The highest BCUT2D eigenvalue weighted by atomic mass is 35.5. The molecule has 1 aliphatic rings. The molecule has 1 fully saturated rings. The predicted octanol–water partition coefficient (Wildman–Crippen LogP) is 2.80. The van der Waals surface area contributed by atoms with E-state index in [9.17, 15) is 0 Å². The second kappa shape index (κ2) is 5.02. The molecule has 1 aliphatic carbocycles. The first kappa shape index (κ1) is 12.2. The zero-order valence-electron chi connectivity index (χ0n) is 10.4. The van der Waals surface area contributed by atoms with Crippen LogP contribution in [0, 0.1) is 17.2 Å². The fraction of sp³-hybridized carbons (Fsp3) is 0.357. The van der Waals surface area contributed by atoms with Gasteiger partial charge in [0.05, 0.1) is 0 Å². The lowest BCUT2D eigenvalue weighted by atomic mass is 10.1. The number of pyridine rings is 1. The topological polar surface area (TPSA) is 54.5 Å². The molecule has 19 heavy (non-hydrogen) atoms. The van der Waals surface area contributed by atoms with Crippen LogP contribution >= 0.6 is 11.6 Å². The van der Waals surface area contributed by atoms with E-state index >= 15 is 0 Å². The van der Waals surface area contributed by atoms with Crippen molar-refractivity contribution < 1.29 is 0 Å².